The molecule has 0 saturated heterocycles. The molecule has 0 aliphatic heterocycles. The van der Waals surface area contributed by atoms with E-state index in [0.29, 0.717) is 4.47 Å². The summed E-state index contributed by atoms with van der Waals surface area (Å²) in [5.41, 5.74) is -0.116. The van der Waals surface area contributed by atoms with Gasteiger partial charge in [0.1, 0.15) is 11.5 Å². The van der Waals surface area contributed by atoms with Crippen molar-refractivity contribution < 1.29 is 13.6 Å². The second-order valence-electron chi connectivity index (χ2n) is 4.13. The number of carbonyl (C=O) groups is 1. The molecule has 2 nitrogen and oxygen atoms in total. The van der Waals surface area contributed by atoms with Crippen LogP contribution in [-0.2, 0) is 0 Å². The Morgan fingerprint density at radius 2 is 1.95 bits per heavy atom. The SMILES string of the molecule is Cc1ccc(F)c(NC(=O)c2cc(Br)ccc2Cl)c1F. The second-order valence-corrected chi connectivity index (χ2v) is 5.45. The molecule has 0 aromatic heterocycles. The Hall–Kier alpha value is -1.46. The van der Waals surface area contributed by atoms with Crippen LogP contribution in [0.15, 0.2) is 34.8 Å². The van der Waals surface area contributed by atoms with Gasteiger partial charge in [-0.15, -0.1) is 0 Å². The van der Waals surface area contributed by atoms with Gasteiger partial charge in [-0.3, -0.25) is 4.79 Å². The van der Waals surface area contributed by atoms with E-state index in [2.05, 4.69) is 21.2 Å². The molecule has 104 valence electrons. The number of rotatable bonds is 2. The van der Waals surface area contributed by atoms with Crippen LogP contribution in [0, 0.1) is 18.6 Å². The summed E-state index contributed by atoms with van der Waals surface area (Å²) in [6.45, 7) is 1.48. The molecule has 0 bridgehead atoms. The average Bonchev–Trinajstić information content (AvgIpc) is 2.41. The lowest BCUT2D eigenvalue weighted by Crippen LogP contribution is -2.15. The van der Waals surface area contributed by atoms with E-state index in [9.17, 15) is 13.6 Å². The van der Waals surface area contributed by atoms with Crippen molar-refractivity contribution in [2.45, 2.75) is 6.92 Å². The van der Waals surface area contributed by atoms with Crippen LogP contribution in [0.4, 0.5) is 14.5 Å². The van der Waals surface area contributed by atoms with Gasteiger partial charge < -0.3 is 5.32 Å². The summed E-state index contributed by atoms with van der Waals surface area (Å²) in [6, 6.07) is 7.04. The van der Waals surface area contributed by atoms with Crippen LogP contribution in [0.25, 0.3) is 0 Å². The van der Waals surface area contributed by atoms with Crippen molar-refractivity contribution in [1.82, 2.24) is 0 Å². The van der Waals surface area contributed by atoms with E-state index < -0.39 is 23.2 Å². The number of carbonyl (C=O) groups excluding carboxylic acids is 1. The molecule has 6 heteroatoms. The quantitative estimate of drug-likeness (QED) is 0.807. The fourth-order valence-corrected chi connectivity index (χ4v) is 2.19. The lowest BCUT2D eigenvalue weighted by atomic mass is 10.1. The molecule has 2 aromatic rings. The molecule has 0 atom stereocenters. The summed E-state index contributed by atoms with van der Waals surface area (Å²) in [5, 5.41) is 2.40. The van der Waals surface area contributed by atoms with E-state index in [1.165, 1.54) is 25.1 Å². The minimum atomic E-state index is -0.840. The van der Waals surface area contributed by atoms with Gasteiger partial charge in [-0.25, -0.2) is 8.78 Å². The van der Waals surface area contributed by atoms with Gasteiger partial charge >= 0.3 is 0 Å². The Bertz CT molecular complexity index is 691. The molecule has 1 amide bonds. The number of halogens is 4. The zero-order chi connectivity index (χ0) is 14.9. The number of benzene rings is 2. The molecule has 0 aliphatic carbocycles. The van der Waals surface area contributed by atoms with E-state index in [1.807, 2.05) is 0 Å². The number of nitrogens with one attached hydrogen (secondary N) is 1. The second kappa shape index (κ2) is 5.89. The molecule has 0 radical (unpaired) electrons. The molecular formula is C14H9BrClF2NO. The Labute approximate surface area is 127 Å². The molecule has 2 rings (SSSR count). The van der Waals surface area contributed by atoms with E-state index in [0.717, 1.165) is 6.07 Å². The maximum Gasteiger partial charge on any atom is 0.257 e. The highest BCUT2D eigenvalue weighted by Gasteiger charge is 2.17. The maximum atomic E-state index is 13.8. The minimum absolute atomic E-state index is 0.126. The van der Waals surface area contributed by atoms with Crippen molar-refractivity contribution in [2.24, 2.45) is 0 Å². The summed E-state index contributed by atoms with van der Waals surface area (Å²) in [6.07, 6.45) is 0. The van der Waals surface area contributed by atoms with Crippen molar-refractivity contribution in [2.75, 3.05) is 5.32 Å². The van der Waals surface area contributed by atoms with E-state index in [4.69, 9.17) is 11.6 Å². The van der Waals surface area contributed by atoms with Crippen LogP contribution in [0.5, 0.6) is 0 Å². The number of anilines is 1. The van der Waals surface area contributed by atoms with Gasteiger partial charge in [0.05, 0.1) is 10.6 Å². The first kappa shape index (κ1) is 14.9. The van der Waals surface area contributed by atoms with Crippen molar-refractivity contribution >= 4 is 39.1 Å². The van der Waals surface area contributed by atoms with Crippen LogP contribution < -0.4 is 5.32 Å². The summed E-state index contributed by atoms with van der Waals surface area (Å²) >= 11 is 9.10. The van der Waals surface area contributed by atoms with Gasteiger partial charge in [0, 0.05) is 4.47 Å². The van der Waals surface area contributed by atoms with Crippen LogP contribution in [0.2, 0.25) is 5.02 Å². The van der Waals surface area contributed by atoms with Crippen LogP contribution in [0.1, 0.15) is 15.9 Å². The first-order chi connectivity index (χ1) is 9.40. The zero-order valence-corrected chi connectivity index (χ0v) is 12.6. The van der Waals surface area contributed by atoms with Gasteiger partial charge in [-0.05, 0) is 36.8 Å². The van der Waals surface area contributed by atoms with Crippen molar-refractivity contribution in [3.63, 3.8) is 0 Å². The van der Waals surface area contributed by atoms with Gasteiger partial charge in [-0.2, -0.15) is 0 Å². The summed E-state index contributed by atoms with van der Waals surface area (Å²) in [4.78, 5) is 12.1. The van der Waals surface area contributed by atoms with Gasteiger partial charge in [0.25, 0.3) is 5.91 Å². The van der Waals surface area contributed by atoms with Crippen LogP contribution >= 0.6 is 27.5 Å². The van der Waals surface area contributed by atoms with Crippen LogP contribution in [0.3, 0.4) is 0 Å². The van der Waals surface area contributed by atoms with E-state index in [-0.39, 0.29) is 16.1 Å². The molecule has 2 aromatic carbocycles. The van der Waals surface area contributed by atoms with Crippen molar-refractivity contribution in [1.29, 1.82) is 0 Å². The number of aryl methyl sites for hydroxylation is 1. The summed E-state index contributed by atoms with van der Waals surface area (Å²) in [7, 11) is 0. The van der Waals surface area contributed by atoms with E-state index >= 15 is 0 Å². The average molecular weight is 361 g/mol. The first-order valence-corrected chi connectivity index (χ1v) is 6.78. The molecule has 0 unspecified atom stereocenters. The standard InChI is InChI=1S/C14H9BrClF2NO/c1-7-2-5-11(17)13(12(7)18)19-14(20)9-6-8(15)3-4-10(9)16/h2-6H,1H3,(H,19,20). The van der Waals surface area contributed by atoms with Gasteiger partial charge in [0.15, 0.2) is 5.82 Å². The normalized spacial score (nSPS) is 10.4. The first-order valence-electron chi connectivity index (χ1n) is 5.61. The molecule has 0 saturated carbocycles. The summed E-state index contributed by atoms with van der Waals surface area (Å²) < 4.78 is 28.0. The van der Waals surface area contributed by atoms with Gasteiger partial charge in [0.2, 0.25) is 0 Å². The maximum absolute atomic E-state index is 13.8. The van der Waals surface area contributed by atoms with E-state index in [1.54, 1.807) is 6.07 Å². The third-order valence-corrected chi connectivity index (χ3v) is 3.52. The topological polar surface area (TPSA) is 29.1 Å². The molecule has 0 heterocycles. The Balaban J connectivity index is 2.38. The highest BCUT2D eigenvalue weighted by Crippen LogP contribution is 2.25. The zero-order valence-electron chi connectivity index (χ0n) is 10.3. The van der Waals surface area contributed by atoms with Crippen LogP contribution in [-0.4, -0.2) is 5.91 Å². The molecule has 0 spiro atoms. The smallest absolute Gasteiger partial charge is 0.257 e. The number of hydrogen-bond donors (Lipinski definition) is 1. The number of amides is 1. The molecule has 0 fully saturated rings. The fraction of sp³-hybridized carbons (Fsp3) is 0.0714. The third-order valence-electron chi connectivity index (χ3n) is 2.70. The highest BCUT2D eigenvalue weighted by atomic mass is 79.9. The lowest BCUT2D eigenvalue weighted by Gasteiger charge is -2.10. The minimum Gasteiger partial charge on any atom is -0.317 e. The predicted octanol–water partition coefficient (Wildman–Crippen LogP) is 4.94. The fourth-order valence-electron chi connectivity index (χ4n) is 1.62. The lowest BCUT2D eigenvalue weighted by molar-refractivity contribution is 0.102. The Morgan fingerprint density at radius 1 is 1.25 bits per heavy atom. The Kier molecular flexibility index (Phi) is 4.40. The number of hydrogen-bond acceptors (Lipinski definition) is 1. The van der Waals surface area contributed by atoms with Gasteiger partial charge in [-0.1, -0.05) is 33.6 Å². The van der Waals surface area contributed by atoms with Crippen molar-refractivity contribution in [3.05, 3.63) is 62.6 Å². The molecule has 20 heavy (non-hydrogen) atoms. The Morgan fingerprint density at radius 3 is 2.65 bits per heavy atom. The third kappa shape index (κ3) is 2.99. The highest BCUT2D eigenvalue weighted by molar-refractivity contribution is 9.10. The largest absolute Gasteiger partial charge is 0.317 e. The summed E-state index contributed by atoms with van der Waals surface area (Å²) in [5.74, 6) is -2.32. The molecule has 0 aliphatic rings. The molecular weight excluding hydrogens is 352 g/mol. The molecule has 1 N–H and O–H groups in total. The van der Waals surface area contributed by atoms with Crippen molar-refractivity contribution in [3.8, 4) is 0 Å². The monoisotopic (exact) mass is 359 g/mol. The predicted molar refractivity (Wildman–Crippen MR) is 78.2 cm³/mol.